The Morgan fingerprint density at radius 2 is 1.63 bits per heavy atom. The number of carbonyl (C=O) groups is 3. The lowest BCUT2D eigenvalue weighted by atomic mass is 10.1. The van der Waals surface area contributed by atoms with Crippen molar-refractivity contribution in [1.29, 1.82) is 0 Å². The molecule has 0 saturated carbocycles. The molecule has 2 aromatic rings. The van der Waals surface area contributed by atoms with Gasteiger partial charge in [0.1, 0.15) is 17.1 Å². The SMILES string of the molecule is COc1ccc(N2C(=O)NC(=O)/C(=C\c3cc(Cl)cc(OC)c3)C2=O)cc1. The van der Waals surface area contributed by atoms with Crippen LogP contribution in [0.5, 0.6) is 11.5 Å². The monoisotopic (exact) mass is 386 g/mol. The number of urea groups is 1. The first-order chi connectivity index (χ1) is 12.9. The van der Waals surface area contributed by atoms with Gasteiger partial charge in [-0.15, -0.1) is 0 Å². The Morgan fingerprint density at radius 3 is 2.26 bits per heavy atom. The molecule has 0 spiro atoms. The van der Waals surface area contributed by atoms with Crippen LogP contribution in [0.2, 0.25) is 5.02 Å². The normalized spacial score (nSPS) is 15.7. The fraction of sp³-hybridized carbons (Fsp3) is 0.105. The number of benzene rings is 2. The number of rotatable bonds is 4. The van der Waals surface area contributed by atoms with Gasteiger partial charge in [0.05, 0.1) is 19.9 Å². The number of nitrogens with one attached hydrogen (secondary N) is 1. The lowest BCUT2D eigenvalue weighted by Gasteiger charge is -2.26. The van der Waals surface area contributed by atoms with E-state index in [4.69, 9.17) is 21.1 Å². The van der Waals surface area contributed by atoms with Crippen LogP contribution >= 0.6 is 11.6 Å². The summed E-state index contributed by atoms with van der Waals surface area (Å²) in [7, 11) is 2.98. The summed E-state index contributed by atoms with van der Waals surface area (Å²) in [5.74, 6) is -0.482. The highest BCUT2D eigenvalue weighted by atomic mass is 35.5. The number of hydrogen-bond donors (Lipinski definition) is 1. The number of anilines is 1. The van der Waals surface area contributed by atoms with Crippen molar-refractivity contribution in [2.45, 2.75) is 0 Å². The molecule has 27 heavy (non-hydrogen) atoms. The van der Waals surface area contributed by atoms with E-state index in [0.29, 0.717) is 27.8 Å². The standard InChI is InChI=1S/C19H15ClN2O5/c1-26-14-5-3-13(4-6-14)22-18(24)16(17(23)21-19(22)25)9-11-7-12(20)10-15(8-11)27-2/h3-10H,1-2H3,(H,21,23,25)/b16-9+. The zero-order chi connectivity index (χ0) is 19.6. The fourth-order valence-electron chi connectivity index (χ4n) is 2.58. The molecule has 0 aliphatic carbocycles. The molecular weight excluding hydrogens is 372 g/mol. The maximum absolute atomic E-state index is 12.8. The van der Waals surface area contributed by atoms with E-state index in [1.165, 1.54) is 20.3 Å². The summed E-state index contributed by atoms with van der Waals surface area (Å²) >= 11 is 6.02. The second-order valence-electron chi connectivity index (χ2n) is 5.58. The summed E-state index contributed by atoms with van der Waals surface area (Å²) in [4.78, 5) is 38.1. The van der Waals surface area contributed by atoms with Gasteiger partial charge >= 0.3 is 6.03 Å². The van der Waals surface area contributed by atoms with E-state index in [9.17, 15) is 14.4 Å². The van der Waals surface area contributed by atoms with Crippen LogP contribution in [0.4, 0.5) is 10.5 Å². The lowest BCUT2D eigenvalue weighted by Crippen LogP contribution is -2.54. The fourth-order valence-corrected chi connectivity index (χ4v) is 2.81. The molecule has 1 fully saturated rings. The van der Waals surface area contributed by atoms with Crippen LogP contribution in [0.25, 0.3) is 6.08 Å². The quantitative estimate of drug-likeness (QED) is 0.645. The molecule has 1 heterocycles. The molecule has 0 atom stereocenters. The Bertz CT molecular complexity index is 953. The second kappa shape index (κ2) is 7.51. The first kappa shape index (κ1) is 18.5. The predicted molar refractivity (Wildman–Crippen MR) is 100.0 cm³/mol. The van der Waals surface area contributed by atoms with Gasteiger partial charge in [-0.2, -0.15) is 0 Å². The summed E-state index contributed by atoms with van der Waals surface area (Å²) in [6.07, 6.45) is 1.36. The van der Waals surface area contributed by atoms with Gasteiger partial charge in [-0.25, -0.2) is 9.69 Å². The zero-order valence-electron chi connectivity index (χ0n) is 14.5. The number of nitrogens with zero attached hydrogens (tertiary/aromatic N) is 1. The molecule has 4 amide bonds. The molecule has 0 radical (unpaired) electrons. The zero-order valence-corrected chi connectivity index (χ0v) is 15.2. The van der Waals surface area contributed by atoms with E-state index < -0.39 is 17.8 Å². The van der Waals surface area contributed by atoms with Crippen LogP contribution < -0.4 is 19.7 Å². The van der Waals surface area contributed by atoms with Crippen LogP contribution in [0.3, 0.4) is 0 Å². The minimum absolute atomic E-state index is 0.199. The second-order valence-corrected chi connectivity index (χ2v) is 6.02. The predicted octanol–water partition coefficient (Wildman–Crippen LogP) is 3.02. The molecule has 1 N–H and O–H groups in total. The van der Waals surface area contributed by atoms with Gasteiger partial charge in [-0.1, -0.05) is 11.6 Å². The molecule has 0 bridgehead atoms. The van der Waals surface area contributed by atoms with Crippen molar-refractivity contribution < 1.29 is 23.9 Å². The number of ether oxygens (including phenoxy) is 2. The number of halogens is 1. The van der Waals surface area contributed by atoms with E-state index in [-0.39, 0.29) is 5.57 Å². The third kappa shape index (κ3) is 3.78. The largest absolute Gasteiger partial charge is 0.497 e. The van der Waals surface area contributed by atoms with Gasteiger partial charge in [0.2, 0.25) is 0 Å². The molecular formula is C19H15ClN2O5. The molecule has 8 heteroatoms. The van der Waals surface area contributed by atoms with Crippen molar-refractivity contribution in [3.05, 3.63) is 58.6 Å². The van der Waals surface area contributed by atoms with E-state index in [1.807, 2.05) is 0 Å². The summed E-state index contributed by atoms with van der Waals surface area (Å²) < 4.78 is 10.2. The topological polar surface area (TPSA) is 84.9 Å². The van der Waals surface area contributed by atoms with Crippen LogP contribution in [0, 0.1) is 0 Å². The number of carbonyl (C=O) groups excluding carboxylic acids is 3. The minimum atomic E-state index is -0.823. The number of hydrogen-bond acceptors (Lipinski definition) is 5. The Morgan fingerprint density at radius 1 is 0.963 bits per heavy atom. The molecule has 7 nitrogen and oxygen atoms in total. The van der Waals surface area contributed by atoms with Crippen LogP contribution in [-0.4, -0.2) is 32.1 Å². The van der Waals surface area contributed by atoms with Crippen molar-refractivity contribution >= 4 is 41.2 Å². The third-order valence-electron chi connectivity index (χ3n) is 3.87. The van der Waals surface area contributed by atoms with E-state index in [1.54, 1.807) is 42.5 Å². The maximum atomic E-state index is 12.8. The van der Waals surface area contributed by atoms with Gasteiger partial charge in [0.25, 0.3) is 11.8 Å². The lowest BCUT2D eigenvalue weighted by molar-refractivity contribution is -0.122. The van der Waals surface area contributed by atoms with Crippen molar-refractivity contribution in [2.75, 3.05) is 19.1 Å². The molecule has 0 unspecified atom stereocenters. The van der Waals surface area contributed by atoms with E-state index >= 15 is 0 Å². The molecule has 138 valence electrons. The molecule has 1 saturated heterocycles. The van der Waals surface area contributed by atoms with Crippen LogP contribution in [0.1, 0.15) is 5.56 Å². The smallest absolute Gasteiger partial charge is 0.335 e. The van der Waals surface area contributed by atoms with E-state index in [0.717, 1.165) is 4.90 Å². The summed E-state index contributed by atoms with van der Waals surface area (Å²) in [5, 5.41) is 2.55. The van der Waals surface area contributed by atoms with Crippen LogP contribution in [0.15, 0.2) is 48.0 Å². The summed E-state index contributed by atoms with van der Waals surface area (Å²) in [6.45, 7) is 0. The molecule has 1 aliphatic heterocycles. The highest BCUT2D eigenvalue weighted by Gasteiger charge is 2.36. The first-order valence-electron chi connectivity index (χ1n) is 7.83. The number of imide groups is 2. The van der Waals surface area contributed by atoms with Crippen molar-refractivity contribution in [2.24, 2.45) is 0 Å². The van der Waals surface area contributed by atoms with Crippen molar-refractivity contribution in [3.8, 4) is 11.5 Å². The number of amides is 4. The maximum Gasteiger partial charge on any atom is 0.335 e. The van der Waals surface area contributed by atoms with Gasteiger partial charge in [0, 0.05) is 5.02 Å². The highest BCUT2D eigenvalue weighted by molar-refractivity contribution is 6.39. The first-order valence-corrected chi connectivity index (χ1v) is 8.21. The van der Waals surface area contributed by atoms with Gasteiger partial charge in [-0.05, 0) is 54.1 Å². The molecule has 1 aliphatic rings. The Balaban J connectivity index is 2.00. The van der Waals surface area contributed by atoms with Gasteiger partial charge in [-0.3, -0.25) is 14.9 Å². The highest BCUT2D eigenvalue weighted by Crippen LogP contribution is 2.26. The average molecular weight is 387 g/mol. The van der Waals surface area contributed by atoms with Crippen molar-refractivity contribution in [3.63, 3.8) is 0 Å². The van der Waals surface area contributed by atoms with Crippen molar-refractivity contribution in [1.82, 2.24) is 5.32 Å². The molecule has 2 aromatic carbocycles. The molecule has 3 rings (SSSR count). The van der Waals surface area contributed by atoms with Crippen LogP contribution in [-0.2, 0) is 9.59 Å². The Hall–Kier alpha value is -3.32. The molecule has 0 aromatic heterocycles. The number of methoxy groups -OCH3 is 2. The average Bonchev–Trinajstić information content (AvgIpc) is 2.65. The summed E-state index contributed by atoms with van der Waals surface area (Å²) in [6, 6.07) is 10.3. The minimum Gasteiger partial charge on any atom is -0.497 e. The Labute approximate surface area is 160 Å². The summed E-state index contributed by atoms with van der Waals surface area (Å²) in [5.41, 5.74) is 0.594. The third-order valence-corrected chi connectivity index (χ3v) is 4.09. The Kier molecular flexibility index (Phi) is 5.14. The van der Waals surface area contributed by atoms with E-state index in [2.05, 4.69) is 5.32 Å². The van der Waals surface area contributed by atoms with Gasteiger partial charge in [0.15, 0.2) is 0 Å². The van der Waals surface area contributed by atoms with Gasteiger partial charge < -0.3 is 9.47 Å². The number of barbiturate groups is 1.